The SMILES string of the molecule is C[C@@H](O[Si](c1ccccc1)(c1ccccc1)C(C)(C)C)[C@H](O)/C=C/[C@H]1COC(C)(C)O1. The van der Waals surface area contributed by atoms with E-state index in [2.05, 4.69) is 69.3 Å². The number of hydrogen-bond donors (Lipinski definition) is 1. The van der Waals surface area contributed by atoms with Gasteiger partial charge in [-0.2, -0.15) is 0 Å². The predicted molar refractivity (Wildman–Crippen MR) is 128 cm³/mol. The van der Waals surface area contributed by atoms with Crippen LogP contribution in [0.1, 0.15) is 41.5 Å². The van der Waals surface area contributed by atoms with Gasteiger partial charge in [-0.05, 0) is 36.2 Å². The van der Waals surface area contributed by atoms with Crippen LogP contribution < -0.4 is 10.4 Å². The molecule has 1 aliphatic rings. The first-order valence-electron chi connectivity index (χ1n) is 11.0. The minimum Gasteiger partial charge on any atom is -0.402 e. The van der Waals surface area contributed by atoms with Crippen molar-refractivity contribution >= 4 is 18.7 Å². The summed E-state index contributed by atoms with van der Waals surface area (Å²) < 4.78 is 18.4. The van der Waals surface area contributed by atoms with Crippen LogP contribution >= 0.6 is 0 Å². The summed E-state index contributed by atoms with van der Waals surface area (Å²) in [7, 11) is -2.71. The van der Waals surface area contributed by atoms with Crippen LogP contribution in [0.5, 0.6) is 0 Å². The van der Waals surface area contributed by atoms with Gasteiger partial charge >= 0.3 is 0 Å². The summed E-state index contributed by atoms with van der Waals surface area (Å²) in [6.45, 7) is 12.9. The van der Waals surface area contributed by atoms with Gasteiger partial charge in [-0.15, -0.1) is 0 Å². The molecule has 0 amide bonds. The lowest BCUT2D eigenvalue weighted by molar-refractivity contribution is -0.133. The molecule has 4 nitrogen and oxygen atoms in total. The molecule has 0 unspecified atom stereocenters. The lowest BCUT2D eigenvalue weighted by Crippen LogP contribution is -2.68. The van der Waals surface area contributed by atoms with E-state index in [1.54, 1.807) is 6.08 Å². The summed E-state index contributed by atoms with van der Waals surface area (Å²) in [5.41, 5.74) is 0. The van der Waals surface area contributed by atoms with E-state index in [4.69, 9.17) is 13.9 Å². The van der Waals surface area contributed by atoms with E-state index in [1.807, 2.05) is 39.0 Å². The molecule has 0 radical (unpaired) electrons. The summed E-state index contributed by atoms with van der Waals surface area (Å²) in [6.07, 6.45) is 2.35. The van der Waals surface area contributed by atoms with Gasteiger partial charge in [0.05, 0.1) is 18.8 Å². The summed E-state index contributed by atoms with van der Waals surface area (Å²) in [5, 5.41) is 13.2. The molecular weight excluding hydrogens is 404 g/mol. The second-order valence-corrected chi connectivity index (χ2v) is 14.0. The lowest BCUT2D eigenvalue weighted by Gasteiger charge is -2.45. The molecule has 3 rings (SSSR count). The predicted octanol–water partition coefficient (Wildman–Crippen LogP) is 4.02. The van der Waals surface area contributed by atoms with Gasteiger partial charge in [0.15, 0.2) is 5.79 Å². The van der Waals surface area contributed by atoms with Crippen molar-refractivity contribution in [3.05, 3.63) is 72.8 Å². The smallest absolute Gasteiger partial charge is 0.261 e. The molecule has 0 aromatic heterocycles. The first-order valence-corrected chi connectivity index (χ1v) is 12.9. The Balaban J connectivity index is 1.91. The van der Waals surface area contributed by atoms with Gasteiger partial charge in [0.1, 0.15) is 6.10 Å². The number of ether oxygens (including phenoxy) is 2. The average molecular weight is 441 g/mol. The van der Waals surface area contributed by atoms with Crippen molar-refractivity contribution in [2.75, 3.05) is 6.61 Å². The fourth-order valence-electron chi connectivity index (χ4n) is 4.24. The number of aliphatic hydroxyl groups excluding tert-OH is 1. The van der Waals surface area contributed by atoms with Gasteiger partial charge in [-0.1, -0.05) is 93.6 Å². The van der Waals surface area contributed by atoms with E-state index in [1.165, 1.54) is 10.4 Å². The molecule has 5 heteroatoms. The van der Waals surface area contributed by atoms with Gasteiger partial charge < -0.3 is 19.0 Å². The maximum absolute atomic E-state index is 10.9. The van der Waals surface area contributed by atoms with Crippen molar-refractivity contribution in [2.45, 2.75) is 70.7 Å². The fourth-order valence-corrected chi connectivity index (χ4v) is 8.96. The van der Waals surface area contributed by atoms with Crippen LogP contribution in [0.2, 0.25) is 5.04 Å². The highest BCUT2D eigenvalue weighted by Gasteiger charge is 2.51. The molecule has 2 aromatic rings. The first kappa shape index (κ1) is 23.9. The van der Waals surface area contributed by atoms with E-state index in [-0.39, 0.29) is 11.1 Å². The van der Waals surface area contributed by atoms with Crippen molar-refractivity contribution in [2.24, 2.45) is 0 Å². The highest BCUT2D eigenvalue weighted by molar-refractivity contribution is 6.99. The van der Waals surface area contributed by atoms with Crippen molar-refractivity contribution in [1.29, 1.82) is 0 Å². The Morgan fingerprint density at radius 3 is 1.97 bits per heavy atom. The normalized spacial score (nSPS) is 21.3. The summed E-state index contributed by atoms with van der Waals surface area (Å²) in [4.78, 5) is 0. The summed E-state index contributed by atoms with van der Waals surface area (Å²) >= 11 is 0. The van der Waals surface area contributed by atoms with Crippen LogP contribution in [0.15, 0.2) is 72.8 Å². The van der Waals surface area contributed by atoms with Crippen molar-refractivity contribution in [1.82, 2.24) is 0 Å². The zero-order valence-electron chi connectivity index (χ0n) is 19.5. The minimum atomic E-state index is -2.71. The van der Waals surface area contributed by atoms with E-state index >= 15 is 0 Å². The van der Waals surface area contributed by atoms with Gasteiger partial charge in [-0.3, -0.25) is 0 Å². The van der Waals surface area contributed by atoms with E-state index < -0.39 is 26.3 Å². The van der Waals surface area contributed by atoms with E-state index in [0.717, 1.165) is 0 Å². The molecule has 31 heavy (non-hydrogen) atoms. The van der Waals surface area contributed by atoms with Gasteiger partial charge in [-0.25, -0.2) is 0 Å². The number of hydrogen-bond acceptors (Lipinski definition) is 4. The highest BCUT2D eigenvalue weighted by Crippen LogP contribution is 2.37. The Labute approximate surface area is 188 Å². The third-order valence-corrected chi connectivity index (χ3v) is 10.9. The Morgan fingerprint density at radius 2 is 1.55 bits per heavy atom. The Kier molecular flexibility index (Phi) is 7.23. The molecule has 0 saturated carbocycles. The van der Waals surface area contributed by atoms with E-state index in [9.17, 15) is 5.11 Å². The number of benzene rings is 2. The quantitative estimate of drug-likeness (QED) is 0.522. The molecule has 1 N–H and O–H groups in total. The monoisotopic (exact) mass is 440 g/mol. The standard InChI is InChI=1S/C26H36O4Si/c1-20(24(27)18-17-21-19-28-26(5,6)29-21)30-31(25(2,3)4,22-13-9-7-10-14-22)23-15-11-8-12-16-23/h7-18,20-21,24,27H,19H2,1-6H3/b18-17+/t20-,21+,24-/m1/s1. The van der Waals surface area contributed by atoms with Crippen molar-refractivity contribution in [3.8, 4) is 0 Å². The third-order valence-electron chi connectivity index (χ3n) is 5.81. The maximum Gasteiger partial charge on any atom is 0.261 e. The summed E-state index contributed by atoms with van der Waals surface area (Å²) in [5.74, 6) is -0.586. The van der Waals surface area contributed by atoms with Crippen LogP contribution in [0.25, 0.3) is 0 Å². The Bertz CT molecular complexity index is 818. The fraction of sp³-hybridized carbons (Fsp3) is 0.462. The lowest BCUT2D eigenvalue weighted by atomic mass is 10.2. The second kappa shape index (κ2) is 9.39. The van der Waals surface area contributed by atoms with Crippen LogP contribution in [-0.2, 0) is 13.9 Å². The Hall–Kier alpha value is -1.76. The second-order valence-electron chi connectivity index (χ2n) is 9.73. The molecule has 0 spiro atoms. The molecule has 1 heterocycles. The van der Waals surface area contributed by atoms with Crippen LogP contribution in [0, 0.1) is 0 Å². The molecule has 2 aromatic carbocycles. The van der Waals surface area contributed by atoms with Gasteiger partial charge in [0.2, 0.25) is 0 Å². The number of aliphatic hydroxyl groups is 1. The molecular formula is C26H36O4Si. The summed E-state index contributed by atoms with van der Waals surface area (Å²) in [6, 6.07) is 21.0. The number of rotatable bonds is 7. The topological polar surface area (TPSA) is 47.9 Å². The first-order chi connectivity index (χ1) is 14.6. The minimum absolute atomic E-state index is 0.139. The zero-order valence-corrected chi connectivity index (χ0v) is 20.5. The third kappa shape index (κ3) is 5.36. The molecule has 1 aliphatic heterocycles. The van der Waals surface area contributed by atoms with Crippen LogP contribution in [-0.4, -0.2) is 44.1 Å². The molecule has 0 aliphatic carbocycles. The molecule has 1 fully saturated rings. The highest BCUT2D eigenvalue weighted by atomic mass is 28.4. The van der Waals surface area contributed by atoms with E-state index in [0.29, 0.717) is 6.61 Å². The van der Waals surface area contributed by atoms with Crippen LogP contribution in [0.4, 0.5) is 0 Å². The van der Waals surface area contributed by atoms with Gasteiger partial charge in [0, 0.05) is 0 Å². The zero-order chi connectivity index (χ0) is 22.7. The average Bonchev–Trinajstić information content (AvgIpc) is 3.09. The largest absolute Gasteiger partial charge is 0.402 e. The Morgan fingerprint density at radius 1 is 1.03 bits per heavy atom. The molecule has 168 valence electrons. The van der Waals surface area contributed by atoms with Gasteiger partial charge in [0.25, 0.3) is 8.32 Å². The molecule has 1 saturated heterocycles. The molecule has 0 bridgehead atoms. The van der Waals surface area contributed by atoms with Crippen molar-refractivity contribution < 1.29 is 19.0 Å². The molecule has 3 atom stereocenters. The maximum atomic E-state index is 10.9. The van der Waals surface area contributed by atoms with Crippen molar-refractivity contribution in [3.63, 3.8) is 0 Å². The van der Waals surface area contributed by atoms with Crippen LogP contribution in [0.3, 0.4) is 0 Å².